The van der Waals surface area contributed by atoms with Crippen molar-refractivity contribution in [1.82, 2.24) is 0 Å². The molecule has 1 aliphatic heterocycles. The van der Waals surface area contributed by atoms with Gasteiger partial charge in [-0.3, -0.25) is 0 Å². The van der Waals surface area contributed by atoms with Crippen LogP contribution in [0.2, 0.25) is 0 Å². The third-order valence-electron chi connectivity index (χ3n) is 3.33. The van der Waals surface area contributed by atoms with E-state index >= 15 is 0 Å². The standard InChI is InChI=1S/C15H19NO6S/c1-3-21-13(17)7-22-11-5-4-9(6-12(11)20-2)14-16-10(8-23-14)15(18)19/h4-6,10,14,16H,3,7-8H2,1-2H3,(H,18,19). The maximum atomic E-state index is 11.3. The number of carboxylic acid groups (broad SMARTS) is 1. The highest BCUT2D eigenvalue weighted by Gasteiger charge is 2.31. The molecule has 7 nitrogen and oxygen atoms in total. The van der Waals surface area contributed by atoms with Gasteiger partial charge < -0.3 is 29.4 Å². The van der Waals surface area contributed by atoms with Crippen molar-refractivity contribution in [2.75, 3.05) is 26.1 Å². The molecular formula is C15H19NO6S. The minimum Gasteiger partial charge on any atom is -0.544 e. The lowest BCUT2D eigenvalue weighted by atomic mass is 10.2. The first-order valence-electron chi connectivity index (χ1n) is 7.19. The molecule has 0 bridgehead atoms. The summed E-state index contributed by atoms with van der Waals surface area (Å²) in [4.78, 5) is 22.2. The number of carbonyl (C=O) groups is 2. The van der Waals surface area contributed by atoms with E-state index in [4.69, 9.17) is 14.2 Å². The number of aliphatic carboxylic acids is 1. The van der Waals surface area contributed by atoms with Gasteiger partial charge in [0.15, 0.2) is 23.5 Å². The number of quaternary nitrogens is 1. The number of benzene rings is 1. The Morgan fingerprint density at radius 1 is 1.39 bits per heavy atom. The predicted octanol–water partition coefficient (Wildman–Crippen LogP) is -0.936. The number of ether oxygens (including phenoxy) is 3. The number of hydrogen-bond acceptors (Lipinski definition) is 7. The molecule has 0 spiro atoms. The van der Waals surface area contributed by atoms with Gasteiger partial charge >= 0.3 is 5.97 Å². The van der Waals surface area contributed by atoms with Gasteiger partial charge in [0.2, 0.25) is 0 Å². The van der Waals surface area contributed by atoms with Gasteiger partial charge in [0.05, 0.1) is 19.5 Å². The van der Waals surface area contributed by atoms with Crippen LogP contribution in [0.4, 0.5) is 0 Å². The van der Waals surface area contributed by atoms with E-state index in [-0.39, 0.29) is 12.0 Å². The Kier molecular flexibility index (Phi) is 6.12. The van der Waals surface area contributed by atoms with Crippen LogP contribution in [-0.2, 0) is 14.3 Å². The molecule has 126 valence electrons. The molecule has 1 fully saturated rings. The summed E-state index contributed by atoms with van der Waals surface area (Å²) in [7, 11) is 1.51. The number of hydrogen-bond donors (Lipinski definition) is 1. The number of rotatable bonds is 7. The third kappa shape index (κ3) is 4.52. The van der Waals surface area contributed by atoms with Crippen LogP contribution < -0.4 is 19.9 Å². The monoisotopic (exact) mass is 341 g/mol. The molecule has 1 aromatic carbocycles. The first-order chi connectivity index (χ1) is 11.0. The second-order valence-corrected chi connectivity index (χ2v) is 6.05. The lowest BCUT2D eigenvalue weighted by Gasteiger charge is -2.14. The fourth-order valence-electron chi connectivity index (χ4n) is 2.20. The Bertz CT molecular complexity index is 579. The Balaban J connectivity index is 2.04. The first-order valence-corrected chi connectivity index (χ1v) is 8.23. The van der Waals surface area contributed by atoms with Crippen molar-refractivity contribution < 1.29 is 34.2 Å². The zero-order valence-corrected chi connectivity index (χ0v) is 13.8. The summed E-state index contributed by atoms with van der Waals surface area (Å²) >= 11 is 1.53. The SMILES string of the molecule is CCOC(=O)COc1ccc(C2[NH2+]C(C(=O)[O-])CS2)cc1OC. The van der Waals surface area contributed by atoms with Gasteiger partial charge in [-0.25, -0.2) is 4.79 Å². The second-order valence-electron chi connectivity index (χ2n) is 4.88. The van der Waals surface area contributed by atoms with Gasteiger partial charge in [0, 0.05) is 5.56 Å². The van der Waals surface area contributed by atoms with Crippen LogP contribution in [0.5, 0.6) is 11.5 Å². The van der Waals surface area contributed by atoms with E-state index in [9.17, 15) is 14.7 Å². The van der Waals surface area contributed by atoms with Gasteiger partial charge in [-0.15, -0.1) is 0 Å². The number of carboxylic acids is 1. The number of esters is 1. The molecule has 0 saturated carbocycles. The number of nitrogens with two attached hydrogens (primary N) is 1. The highest BCUT2D eigenvalue weighted by Crippen LogP contribution is 2.34. The molecule has 23 heavy (non-hydrogen) atoms. The zero-order valence-electron chi connectivity index (χ0n) is 12.9. The summed E-state index contributed by atoms with van der Waals surface area (Å²) < 4.78 is 15.5. The van der Waals surface area contributed by atoms with Crippen molar-refractivity contribution >= 4 is 23.7 Å². The zero-order chi connectivity index (χ0) is 16.8. The molecule has 2 unspecified atom stereocenters. The van der Waals surface area contributed by atoms with Crippen LogP contribution >= 0.6 is 11.8 Å². The summed E-state index contributed by atoms with van der Waals surface area (Å²) in [5.74, 6) is -0.0888. The Hall–Kier alpha value is -1.93. The van der Waals surface area contributed by atoms with Crippen molar-refractivity contribution in [3.05, 3.63) is 23.8 Å². The van der Waals surface area contributed by atoms with Crippen LogP contribution in [0.1, 0.15) is 17.9 Å². The average Bonchev–Trinajstić information content (AvgIpc) is 3.03. The molecule has 1 aromatic rings. The molecule has 1 aliphatic rings. The minimum atomic E-state index is -1.05. The molecule has 1 heterocycles. The molecule has 8 heteroatoms. The molecule has 2 N–H and O–H groups in total. The smallest absolute Gasteiger partial charge is 0.344 e. The Morgan fingerprint density at radius 2 is 2.17 bits per heavy atom. The summed E-state index contributed by atoms with van der Waals surface area (Å²) in [5.41, 5.74) is 0.916. The summed E-state index contributed by atoms with van der Waals surface area (Å²) in [6.07, 6.45) is 0. The van der Waals surface area contributed by atoms with Crippen molar-refractivity contribution in [3.63, 3.8) is 0 Å². The molecule has 0 amide bonds. The molecule has 0 radical (unpaired) electrons. The normalized spacial score (nSPS) is 20.1. The topological polar surface area (TPSA) is 102 Å². The maximum absolute atomic E-state index is 11.3. The highest BCUT2D eigenvalue weighted by molar-refractivity contribution is 7.99. The van der Waals surface area contributed by atoms with Crippen LogP contribution in [0.15, 0.2) is 18.2 Å². The van der Waals surface area contributed by atoms with Gasteiger partial charge in [-0.2, -0.15) is 0 Å². The van der Waals surface area contributed by atoms with E-state index in [1.165, 1.54) is 18.9 Å². The average molecular weight is 341 g/mol. The Labute approximate surface area is 138 Å². The van der Waals surface area contributed by atoms with E-state index in [1.807, 2.05) is 6.07 Å². The molecule has 2 atom stereocenters. The van der Waals surface area contributed by atoms with E-state index in [2.05, 4.69) is 0 Å². The van der Waals surface area contributed by atoms with Crippen molar-refractivity contribution in [2.45, 2.75) is 18.3 Å². The number of thioether (sulfide) groups is 1. The van der Waals surface area contributed by atoms with Crippen LogP contribution in [-0.4, -0.2) is 44.1 Å². The fraction of sp³-hybridized carbons (Fsp3) is 0.467. The summed E-state index contributed by atoms with van der Waals surface area (Å²) in [6, 6.07) is 4.77. The van der Waals surface area contributed by atoms with E-state index in [0.29, 0.717) is 23.9 Å². The minimum absolute atomic E-state index is 0.0362. The molecule has 0 aliphatic carbocycles. The van der Waals surface area contributed by atoms with Crippen molar-refractivity contribution in [3.8, 4) is 11.5 Å². The number of methoxy groups -OCH3 is 1. The summed E-state index contributed by atoms with van der Waals surface area (Å²) in [6.45, 7) is 1.83. The largest absolute Gasteiger partial charge is 0.544 e. The van der Waals surface area contributed by atoms with Gasteiger partial charge in [-0.05, 0) is 25.1 Å². The quantitative estimate of drug-likeness (QED) is 0.639. The van der Waals surface area contributed by atoms with Crippen molar-refractivity contribution in [2.24, 2.45) is 0 Å². The molecule has 2 rings (SSSR count). The van der Waals surface area contributed by atoms with Crippen LogP contribution in [0.3, 0.4) is 0 Å². The summed E-state index contributed by atoms with van der Waals surface area (Å²) in [5, 5.41) is 12.6. The van der Waals surface area contributed by atoms with Crippen LogP contribution in [0, 0.1) is 0 Å². The molecular weight excluding hydrogens is 322 g/mol. The fourth-order valence-corrected chi connectivity index (χ4v) is 3.50. The third-order valence-corrected chi connectivity index (χ3v) is 4.67. The second kappa shape index (κ2) is 8.07. The molecule has 1 saturated heterocycles. The van der Waals surface area contributed by atoms with E-state index in [0.717, 1.165) is 5.56 Å². The number of carbonyl (C=O) groups excluding carboxylic acids is 2. The lowest BCUT2D eigenvalue weighted by Crippen LogP contribution is -2.90. The highest BCUT2D eigenvalue weighted by atomic mass is 32.2. The van der Waals surface area contributed by atoms with E-state index < -0.39 is 18.0 Å². The van der Waals surface area contributed by atoms with E-state index in [1.54, 1.807) is 24.4 Å². The van der Waals surface area contributed by atoms with Gasteiger partial charge in [-0.1, -0.05) is 11.8 Å². The van der Waals surface area contributed by atoms with Gasteiger partial charge in [0.1, 0.15) is 12.0 Å². The van der Waals surface area contributed by atoms with Gasteiger partial charge in [0.25, 0.3) is 0 Å². The van der Waals surface area contributed by atoms with Crippen LogP contribution in [0.25, 0.3) is 0 Å². The maximum Gasteiger partial charge on any atom is 0.344 e. The Morgan fingerprint density at radius 3 is 2.78 bits per heavy atom. The predicted molar refractivity (Wildman–Crippen MR) is 81.0 cm³/mol. The van der Waals surface area contributed by atoms with Crippen molar-refractivity contribution in [1.29, 1.82) is 0 Å². The first kappa shape index (κ1) is 17.4. The lowest BCUT2D eigenvalue weighted by molar-refractivity contribution is -0.690. The molecule has 0 aromatic heterocycles.